The number of carbonyl (C=O) groups is 1. The molecule has 124 valence electrons. The molecule has 2 aromatic rings. The number of benzene rings is 2. The Morgan fingerprint density at radius 3 is 2.88 bits per heavy atom. The van der Waals surface area contributed by atoms with Crippen LogP contribution in [0.2, 0.25) is 0 Å². The van der Waals surface area contributed by atoms with Crippen LogP contribution >= 0.6 is 0 Å². The minimum Gasteiger partial charge on any atom is -0.496 e. The van der Waals surface area contributed by atoms with Crippen molar-refractivity contribution in [2.45, 2.75) is 0 Å². The molecule has 0 bridgehead atoms. The number of ketones is 1. The quantitative estimate of drug-likeness (QED) is 0.779. The molecule has 0 saturated heterocycles. The van der Waals surface area contributed by atoms with Crippen LogP contribution in [-0.2, 0) is 0 Å². The molecule has 1 aliphatic heterocycles. The topological polar surface area (TPSA) is 68.6 Å². The van der Waals surface area contributed by atoms with Gasteiger partial charge in [0.15, 0.2) is 12.4 Å². The molecule has 0 unspecified atom stereocenters. The highest BCUT2D eigenvalue weighted by Crippen LogP contribution is 2.34. The summed E-state index contributed by atoms with van der Waals surface area (Å²) in [5.41, 5.74) is 1.37. The second kappa shape index (κ2) is 7.37. The van der Waals surface area contributed by atoms with Crippen LogP contribution in [0.3, 0.4) is 0 Å². The Morgan fingerprint density at radius 1 is 1.24 bits per heavy atom. The predicted octanol–water partition coefficient (Wildman–Crippen LogP) is 3.77. The fourth-order valence-corrected chi connectivity index (χ4v) is 2.43. The average Bonchev–Trinajstić information content (AvgIpc) is 2.95. The van der Waals surface area contributed by atoms with Crippen LogP contribution in [0.1, 0.15) is 15.9 Å². The van der Waals surface area contributed by atoms with E-state index in [1.165, 1.54) is 0 Å². The van der Waals surface area contributed by atoms with E-state index in [-0.39, 0.29) is 18.1 Å². The summed E-state index contributed by atoms with van der Waals surface area (Å²) in [5, 5.41) is 8.55. The summed E-state index contributed by atoms with van der Waals surface area (Å²) >= 11 is 0. The number of carbonyl (C=O) groups excluding carboxylic acids is 1. The lowest BCUT2D eigenvalue weighted by molar-refractivity contribution is 0.101. The third-order valence-corrected chi connectivity index (χ3v) is 3.61. The number of hydrogen-bond donors (Lipinski definition) is 0. The molecular weight excluding hydrogens is 318 g/mol. The molecule has 1 heterocycles. The lowest BCUT2D eigenvalue weighted by atomic mass is 10.1. The number of Topliss-reactive ketones (excluding diaryl/α,β-unsaturated/α-hetero) is 1. The van der Waals surface area contributed by atoms with Gasteiger partial charge in [0.25, 0.3) is 0 Å². The van der Waals surface area contributed by atoms with E-state index in [4.69, 9.17) is 19.5 Å². The molecule has 0 radical (unpaired) electrons. The van der Waals surface area contributed by atoms with Crippen LogP contribution in [0.4, 0.5) is 0 Å². The maximum atomic E-state index is 12.3. The SMILES string of the molecule is COc1ccccc1/C=C/C=C1\Oc2cc(OCC#N)ccc2C1=O. The van der Waals surface area contributed by atoms with Crippen LogP contribution in [0.15, 0.2) is 60.4 Å². The van der Waals surface area contributed by atoms with Crippen LogP contribution in [0.5, 0.6) is 17.2 Å². The van der Waals surface area contributed by atoms with Crippen molar-refractivity contribution in [1.29, 1.82) is 5.26 Å². The molecule has 0 spiro atoms. The van der Waals surface area contributed by atoms with Gasteiger partial charge in [0.1, 0.15) is 23.3 Å². The Balaban J connectivity index is 1.78. The van der Waals surface area contributed by atoms with E-state index < -0.39 is 0 Å². The average molecular weight is 333 g/mol. The predicted molar refractivity (Wildman–Crippen MR) is 92.6 cm³/mol. The second-order valence-corrected chi connectivity index (χ2v) is 5.17. The summed E-state index contributed by atoms with van der Waals surface area (Å²) in [5.74, 6) is 1.71. The first kappa shape index (κ1) is 16.3. The first-order chi connectivity index (χ1) is 12.2. The van der Waals surface area contributed by atoms with Crippen molar-refractivity contribution >= 4 is 11.9 Å². The van der Waals surface area contributed by atoms with Crippen molar-refractivity contribution in [3.8, 4) is 23.3 Å². The molecule has 5 nitrogen and oxygen atoms in total. The summed E-state index contributed by atoms with van der Waals surface area (Å²) in [6, 6.07) is 14.4. The van der Waals surface area contributed by atoms with Gasteiger partial charge in [-0.15, -0.1) is 0 Å². The highest BCUT2D eigenvalue weighted by atomic mass is 16.5. The van der Waals surface area contributed by atoms with Gasteiger partial charge >= 0.3 is 0 Å². The van der Waals surface area contributed by atoms with Crippen molar-refractivity contribution in [1.82, 2.24) is 0 Å². The van der Waals surface area contributed by atoms with Crippen molar-refractivity contribution in [3.05, 3.63) is 71.5 Å². The molecule has 3 rings (SSSR count). The lowest BCUT2D eigenvalue weighted by Gasteiger charge is -2.03. The van der Waals surface area contributed by atoms with Gasteiger partial charge in [-0.05, 0) is 24.3 Å². The number of nitrogens with zero attached hydrogens (tertiary/aromatic N) is 1. The third kappa shape index (κ3) is 3.54. The molecule has 0 aliphatic carbocycles. The number of rotatable bonds is 5. The second-order valence-electron chi connectivity index (χ2n) is 5.17. The summed E-state index contributed by atoms with van der Waals surface area (Å²) in [7, 11) is 1.61. The maximum Gasteiger partial charge on any atom is 0.231 e. The van der Waals surface area contributed by atoms with Gasteiger partial charge in [0.05, 0.1) is 12.7 Å². The monoisotopic (exact) mass is 333 g/mol. The van der Waals surface area contributed by atoms with Crippen molar-refractivity contribution in [2.75, 3.05) is 13.7 Å². The Hall–Kier alpha value is -3.52. The Kier molecular flexibility index (Phi) is 4.82. The molecule has 1 aliphatic rings. The fraction of sp³-hybridized carbons (Fsp3) is 0.100. The number of para-hydroxylation sites is 1. The largest absolute Gasteiger partial charge is 0.496 e. The molecule has 25 heavy (non-hydrogen) atoms. The number of fused-ring (bicyclic) bond motifs is 1. The van der Waals surface area contributed by atoms with Crippen LogP contribution in [0.25, 0.3) is 6.08 Å². The minimum atomic E-state index is -0.188. The fourth-order valence-electron chi connectivity index (χ4n) is 2.43. The Morgan fingerprint density at radius 2 is 2.08 bits per heavy atom. The zero-order valence-electron chi connectivity index (χ0n) is 13.6. The van der Waals surface area contributed by atoms with Gasteiger partial charge in [-0.3, -0.25) is 4.79 Å². The zero-order chi connectivity index (χ0) is 17.6. The summed E-state index contributed by atoms with van der Waals surface area (Å²) in [4.78, 5) is 12.3. The number of allylic oxidation sites excluding steroid dienone is 3. The van der Waals surface area contributed by atoms with E-state index in [1.807, 2.05) is 36.4 Å². The molecule has 0 saturated carbocycles. The maximum absolute atomic E-state index is 12.3. The molecule has 2 aromatic carbocycles. The Bertz CT molecular complexity index is 906. The highest BCUT2D eigenvalue weighted by molar-refractivity contribution is 6.12. The van der Waals surface area contributed by atoms with Crippen LogP contribution < -0.4 is 14.2 Å². The Labute approximate surface area is 145 Å². The van der Waals surface area contributed by atoms with E-state index >= 15 is 0 Å². The summed E-state index contributed by atoms with van der Waals surface area (Å²) in [6.45, 7) is -0.0585. The van der Waals surface area contributed by atoms with E-state index in [9.17, 15) is 4.79 Å². The van der Waals surface area contributed by atoms with Gasteiger partial charge < -0.3 is 14.2 Å². The molecule has 5 heteroatoms. The van der Waals surface area contributed by atoms with Gasteiger partial charge in [0.2, 0.25) is 5.78 Å². The smallest absolute Gasteiger partial charge is 0.231 e. The molecule has 0 aromatic heterocycles. The van der Waals surface area contributed by atoms with E-state index in [1.54, 1.807) is 37.5 Å². The number of hydrogen-bond acceptors (Lipinski definition) is 5. The summed E-state index contributed by atoms with van der Waals surface area (Å²) in [6.07, 6.45) is 5.20. The van der Waals surface area contributed by atoms with Crippen molar-refractivity contribution in [2.24, 2.45) is 0 Å². The van der Waals surface area contributed by atoms with Crippen molar-refractivity contribution in [3.63, 3.8) is 0 Å². The molecule has 0 atom stereocenters. The minimum absolute atomic E-state index is 0.0585. The van der Waals surface area contributed by atoms with Crippen molar-refractivity contribution < 1.29 is 19.0 Å². The van der Waals surface area contributed by atoms with Crippen LogP contribution in [0, 0.1) is 11.3 Å². The normalized spacial score (nSPS) is 14.2. The molecule has 0 fully saturated rings. The molecule has 0 N–H and O–H groups in total. The molecular formula is C20H15NO4. The lowest BCUT2D eigenvalue weighted by Crippen LogP contribution is -1.97. The molecule has 0 amide bonds. The van der Waals surface area contributed by atoms with Gasteiger partial charge in [-0.2, -0.15) is 5.26 Å². The van der Waals surface area contributed by atoms with E-state index in [0.717, 1.165) is 11.3 Å². The standard InChI is InChI=1S/C20H15NO4/c1-23-17-7-3-2-5-14(17)6-4-8-18-20(22)16-10-9-15(24-12-11-21)13-19(16)25-18/h2-10,13H,12H2,1H3/b6-4+,18-8-. The zero-order valence-corrected chi connectivity index (χ0v) is 13.6. The van der Waals surface area contributed by atoms with Crippen LogP contribution in [-0.4, -0.2) is 19.5 Å². The highest BCUT2D eigenvalue weighted by Gasteiger charge is 2.27. The number of nitriles is 1. The van der Waals surface area contributed by atoms with Gasteiger partial charge in [-0.25, -0.2) is 0 Å². The number of methoxy groups -OCH3 is 1. The summed E-state index contributed by atoms with van der Waals surface area (Å²) < 4.78 is 16.1. The third-order valence-electron chi connectivity index (χ3n) is 3.61. The van der Waals surface area contributed by atoms with E-state index in [0.29, 0.717) is 17.1 Å². The van der Waals surface area contributed by atoms with E-state index in [2.05, 4.69) is 0 Å². The van der Waals surface area contributed by atoms with Gasteiger partial charge in [0, 0.05) is 11.6 Å². The first-order valence-electron chi connectivity index (χ1n) is 7.60. The van der Waals surface area contributed by atoms with Gasteiger partial charge in [-0.1, -0.05) is 30.4 Å². The number of ether oxygens (including phenoxy) is 3. The first-order valence-corrected chi connectivity index (χ1v) is 7.60.